The van der Waals surface area contributed by atoms with E-state index in [1.807, 2.05) is 13.0 Å². The van der Waals surface area contributed by atoms with Crippen molar-refractivity contribution in [2.24, 2.45) is 0 Å². The van der Waals surface area contributed by atoms with Gasteiger partial charge < -0.3 is 9.32 Å². The monoisotopic (exact) mass is 458 g/mol. The molecular formula is C24H27FN2O4S. The number of aryl methyl sites for hydroxylation is 2. The van der Waals surface area contributed by atoms with E-state index in [9.17, 15) is 17.6 Å². The van der Waals surface area contributed by atoms with Gasteiger partial charge in [0.2, 0.25) is 10.0 Å². The minimum Gasteiger partial charge on any atom is -0.449 e. The van der Waals surface area contributed by atoms with Crippen LogP contribution in [-0.4, -0.2) is 32.3 Å². The number of fused-ring (bicyclic) bond motifs is 1. The van der Waals surface area contributed by atoms with Crippen LogP contribution in [0, 0.1) is 26.6 Å². The average Bonchev–Trinajstić information content (AvgIpc) is 3.09. The molecule has 0 radical (unpaired) electrons. The molecule has 1 aromatic heterocycles. The summed E-state index contributed by atoms with van der Waals surface area (Å²) in [5, 5.41) is 0.621. The number of carbonyl (C=O) groups excluding carboxylic acids is 1. The third kappa shape index (κ3) is 4.17. The number of halogens is 1. The Morgan fingerprint density at radius 3 is 2.38 bits per heavy atom. The van der Waals surface area contributed by atoms with Gasteiger partial charge in [-0.05, 0) is 74.9 Å². The highest BCUT2D eigenvalue weighted by molar-refractivity contribution is 7.89. The number of carbonyl (C=O) groups is 1. The van der Waals surface area contributed by atoms with E-state index < -0.39 is 10.0 Å². The summed E-state index contributed by atoms with van der Waals surface area (Å²) >= 11 is 0. The second kappa shape index (κ2) is 8.67. The first-order chi connectivity index (χ1) is 15.2. The Morgan fingerprint density at radius 1 is 1.06 bits per heavy atom. The molecule has 0 spiro atoms. The van der Waals surface area contributed by atoms with Crippen LogP contribution in [-0.2, 0) is 16.6 Å². The molecule has 1 aliphatic heterocycles. The van der Waals surface area contributed by atoms with E-state index in [-0.39, 0.29) is 34.5 Å². The van der Waals surface area contributed by atoms with Crippen molar-refractivity contribution in [3.63, 3.8) is 0 Å². The predicted molar refractivity (Wildman–Crippen MR) is 121 cm³/mol. The van der Waals surface area contributed by atoms with Crippen LogP contribution in [0.4, 0.5) is 4.39 Å². The van der Waals surface area contributed by atoms with Gasteiger partial charge in [-0.1, -0.05) is 12.1 Å². The van der Waals surface area contributed by atoms with Crippen LogP contribution in [0.5, 0.6) is 0 Å². The van der Waals surface area contributed by atoms with Gasteiger partial charge in [-0.15, -0.1) is 0 Å². The van der Waals surface area contributed by atoms with Gasteiger partial charge in [-0.25, -0.2) is 17.5 Å². The molecule has 0 bridgehead atoms. The quantitative estimate of drug-likeness (QED) is 0.606. The van der Waals surface area contributed by atoms with Gasteiger partial charge in [0.15, 0.2) is 11.3 Å². The van der Waals surface area contributed by atoms with Gasteiger partial charge in [0.1, 0.15) is 10.7 Å². The fraction of sp³-hybridized carbons (Fsp3) is 0.375. The van der Waals surface area contributed by atoms with Crippen molar-refractivity contribution in [1.82, 2.24) is 9.62 Å². The maximum atomic E-state index is 13.3. The summed E-state index contributed by atoms with van der Waals surface area (Å²) < 4.78 is 48.3. The van der Waals surface area contributed by atoms with Crippen molar-refractivity contribution >= 4 is 26.9 Å². The lowest BCUT2D eigenvalue weighted by Crippen LogP contribution is -2.35. The molecule has 1 N–H and O–H groups in total. The molecule has 170 valence electrons. The van der Waals surface area contributed by atoms with Crippen LogP contribution < -0.4 is 4.72 Å². The lowest BCUT2D eigenvalue weighted by atomic mass is 10.0. The van der Waals surface area contributed by atoms with E-state index in [4.69, 9.17) is 4.42 Å². The zero-order valence-corrected chi connectivity index (χ0v) is 19.3. The Kier molecular flexibility index (Phi) is 6.09. The maximum Gasteiger partial charge on any atom is 0.289 e. The van der Waals surface area contributed by atoms with Crippen LogP contribution >= 0.6 is 0 Å². The summed E-state index contributed by atoms with van der Waals surface area (Å²) in [4.78, 5) is 14.9. The number of hydrogen-bond acceptors (Lipinski definition) is 4. The standard InChI is InChI=1S/C24H27FN2O4S/c1-15-13-20-17(3)21(24(28)27-11-5-4-6-12-27)31-22(20)23(16(15)2)32(29,30)26-14-18-7-9-19(25)10-8-18/h7-10,13,26H,4-6,11-12,14H2,1-3H3. The first-order valence-corrected chi connectivity index (χ1v) is 12.2. The summed E-state index contributed by atoms with van der Waals surface area (Å²) in [6.07, 6.45) is 3.01. The first kappa shape index (κ1) is 22.5. The number of piperidine rings is 1. The highest BCUT2D eigenvalue weighted by atomic mass is 32.2. The van der Waals surface area contributed by atoms with E-state index in [1.54, 1.807) is 18.7 Å². The molecule has 4 rings (SSSR count). The van der Waals surface area contributed by atoms with Crippen LogP contribution in [0.15, 0.2) is 39.6 Å². The minimum atomic E-state index is -3.96. The lowest BCUT2D eigenvalue weighted by Gasteiger charge is -2.25. The van der Waals surface area contributed by atoms with E-state index in [0.717, 1.165) is 24.8 Å². The Balaban J connectivity index is 1.75. The third-order valence-corrected chi connectivity index (χ3v) is 7.73. The van der Waals surface area contributed by atoms with E-state index >= 15 is 0 Å². The SMILES string of the molecule is Cc1cc2c(C)c(C(=O)N3CCCCC3)oc2c(S(=O)(=O)NCc2ccc(F)cc2)c1C. The number of nitrogens with zero attached hydrogens (tertiary/aromatic N) is 1. The molecule has 0 saturated carbocycles. The Morgan fingerprint density at radius 2 is 1.72 bits per heavy atom. The molecule has 0 unspecified atom stereocenters. The molecule has 0 aliphatic carbocycles. The lowest BCUT2D eigenvalue weighted by molar-refractivity contribution is 0.0693. The van der Waals surface area contributed by atoms with Crippen molar-refractivity contribution in [2.45, 2.75) is 51.5 Å². The van der Waals surface area contributed by atoms with Crippen molar-refractivity contribution in [3.8, 4) is 0 Å². The first-order valence-electron chi connectivity index (χ1n) is 10.8. The van der Waals surface area contributed by atoms with Gasteiger partial charge in [0.05, 0.1) is 0 Å². The number of furan rings is 1. The summed E-state index contributed by atoms with van der Waals surface area (Å²) in [7, 11) is -3.96. The molecule has 1 amide bonds. The summed E-state index contributed by atoms with van der Waals surface area (Å²) in [5.41, 5.74) is 2.83. The zero-order chi connectivity index (χ0) is 23.0. The molecule has 32 heavy (non-hydrogen) atoms. The van der Waals surface area contributed by atoms with Gasteiger partial charge in [-0.3, -0.25) is 4.79 Å². The normalized spacial score (nSPS) is 14.8. The number of sulfonamides is 1. The molecule has 1 fully saturated rings. The number of hydrogen-bond donors (Lipinski definition) is 1. The van der Waals surface area contributed by atoms with Crippen molar-refractivity contribution in [1.29, 1.82) is 0 Å². The van der Waals surface area contributed by atoms with Gasteiger partial charge in [0, 0.05) is 30.6 Å². The topological polar surface area (TPSA) is 79.6 Å². The van der Waals surface area contributed by atoms with E-state index in [1.165, 1.54) is 24.3 Å². The largest absolute Gasteiger partial charge is 0.449 e. The van der Waals surface area contributed by atoms with Crippen LogP contribution in [0.1, 0.15) is 52.1 Å². The van der Waals surface area contributed by atoms with Crippen molar-refractivity contribution in [3.05, 3.63) is 64.2 Å². The highest BCUT2D eigenvalue weighted by Crippen LogP contribution is 2.35. The minimum absolute atomic E-state index is 0.0107. The Labute approximate surface area is 187 Å². The summed E-state index contributed by atoms with van der Waals surface area (Å²) in [6.45, 7) is 6.73. The van der Waals surface area contributed by atoms with E-state index in [2.05, 4.69) is 4.72 Å². The molecule has 0 atom stereocenters. The second-order valence-electron chi connectivity index (χ2n) is 8.38. The molecule has 6 nitrogen and oxygen atoms in total. The number of rotatable bonds is 5. The highest BCUT2D eigenvalue weighted by Gasteiger charge is 2.30. The smallest absolute Gasteiger partial charge is 0.289 e. The van der Waals surface area contributed by atoms with Gasteiger partial charge in [0.25, 0.3) is 5.91 Å². The molecule has 2 aromatic carbocycles. The fourth-order valence-electron chi connectivity index (χ4n) is 4.16. The molecule has 8 heteroatoms. The second-order valence-corrected chi connectivity index (χ2v) is 10.1. The summed E-state index contributed by atoms with van der Waals surface area (Å²) in [5.74, 6) is -0.386. The van der Waals surface area contributed by atoms with Crippen molar-refractivity contribution in [2.75, 3.05) is 13.1 Å². The number of benzene rings is 2. The molecule has 2 heterocycles. The van der Waals surface area contributed by atoms with Gasteiger partial charge >= 0.3 is 0 Å². The predicted octanol–water partition coefficient (Wildman–Crippen LogP) is 4.60. The summed E-state index contributed by atoms with van der Waals surface area (Å²) in [6, 6.07) is 7.50. The maximum absolute atomic E-state index is 13.3. The van der Waals surface area contributed by atoms with E-state index in [0.29, 0.717) is 35.2 Å². The number of likely N-dealkylation sites (tertiary alicyclic amines) is 1. The van der Waals surface area contributed by atoms with Gasteiger partial charge in [-0.2, -0.15) is 0 Å². The average molecular weight is 459 g/mol. The molecule has 1 aliphatic rings. The van der Waals surface area contributed by atoms with Crippen LogP contribution in [0.2, 0.25) is 0 Å². The number of nitrogens with one attached hydrogen (secondary N) is 1. The number of amides is 1. The Hall–Kier alpha value is -2.71. The van der Waals surface area contributed by atoms with Crippen molar-refractivity contribution < 1.29 is 22.0 Å². The molecule has 3 aromatic rings. The third-order valence-electron chi connectivity index (χ3n) is 6.18. The zero-order valence-electron chi connectivity index (χ0n) is 18.5. The Bertz CT molecular complexity index is 1270. The van der Waals surface area contributed by atoms with Crippen LogP contribution in [0.3, 0.4) is 0 Å². The fourth-order valence-corrected chi connectivity index (χ4v) is 5.62. The molecule has 1 saturated heterocycles. The molecular weight excluding hydrogens is 431 g/mol. The van der Waals surface area contributed by atoms with Crippen LogP contribution in [0.25, 0.3) is 11.0 Å².